The first-order valence-electron chi connectivity index (χ1n) is 6.64. The Hall–Kier alpha value is -0.613. The molecule has 0 saturated carbocycles. The molecule has 0 spiro atoms. The molecule has 0 aromatic carbocycles. The molecular weight excluding hydrogens is 228 g/mol. The summed E-state index contributed by atoms with van der Waals surface area (Å²) in [6.45, 7) is 10.0. The highest BCUT2D eigenvalue weighted by molar-refractivity contribution is 6.77. The minimum absolute atomic E-state index is 0.444. The van der Waals surface area contributed by atoms with E-state index in [4.69, 9.17) is 4.74 Å². The van der Waals surface area contributed by atoms with Gasteiger partial charge < -0.3 is 9.72 Å². The summed E-state index contributed by atoms with van der Waals surface area (Å²) >= 11 is 0. The highest BCUT2D eigenvalue weighted by atomic mass is 28.3. The van der Waals surface area contributed by atoms with Gasteiger partial charge in [-0.05, 0) is 6.42 Å². The van der Waals surface area contributed by atoms with Crippen LogP contribution in [0.2, 0.25) is 19.6 Å². The molecule has 1 unspecified atom stereocenters. The highest BCUT2D eigenvalue weighted by Gasteiger charge is 2.27. The van der Waals surface area contributed by atoms with Crippen molar-refractivity contribution in [2.45, 2.75) is 64.6 Å². The average molecular weight is 254 g/mol. The van der Waals surface area contributed by atoms with Crippen molar-refractivity contribution in [3.8, 4) is 0 Å². The number of aromatic nitrogens is 2. The second kappa shape index (κ2) is 6.96. The summed E-state index contributed by atoms with van der Waals surface area (Å²) in [4.78, 5) is 7.29. The molecule has 0 aliphatic carbocycles. The maximum Gasteiger partial charge on any atom is 0.132 e. The summed E-state index contributed by atoms with van der Waals surface area (Å²) in [7, 11) is -1.23. The van der Waals surface area contributed by atoms with Crippen LogP contribution in [0.4, 0.5) is 0 Å². The van der Waals surface area contributed by atoms with Crippen molar-refractivity contribution in [2.24, 2.45) is 0 Å². The van der Waals surface area contributed by atoms with E-state index < -0.39 is 8.07 Å². The quantitative estimate of drug-likeness (QED) is 0.566. The van der Waals surface area contributed by atoms with E-state index >= 15 is 0 Å². The average Bonchev–Trinajstić information content (AvgIpc) is 2.74. The maximum atomic E-state index is 6.07. The van der Waals surface area contributed by atoms with Gasteiger partial charge in [-0.25, -0.2) is 4.98 Å². The Bertz CT molecular complexity index is 293. The van der Waals surface area contributed by atoms with Crippen molar-refractivity contribution >= 4 is 8.07 Å². The molecule has 0 radical (unpaired) electrons. The Labute approximate surface area is 106 Å². The third kappa shape index (κ3) is 5.50. The topological polar surface area (TPSA) is 37.9 Å². The zero-order valence-electron chi connectivity index (χ0n) is 11.6. The van der Waals surface area contributed by atoms with Gasteiger partial charge >= 0.3 is 0 Å². The van der Waals surface area contributed by atoms with Crippen molar-refractivity contribution in [1.82, 2.24) is 9.97 Å². The van der Waals surface area contributed by atoms with E-state index in [2.05, 4.69) is 36.5 Å². The van der Waals surface area contributed by atoms with E-state index in [-0.39, 0.29) is 0 Å². The first kappa shape index (κ1) is 14.4. The zero-order valence-corrected chi connectivity index (χ0v) is 12.6. The van der Waals surface area contributed by atoms with Gasteiger partial charge in [-0.1, -0.05) is 45.8 Å². The second-order valence-electron chi connectivity index (χ2n) is 5.70. The number of imidazole rings is 1. The molecule has 0 amide bonds. The fourth-order valence-corrected chi connectivity index (χ4v) is 3.56. The van der Waals surface area contributed by atoms with E-state index in [9.17, 15) is 0 Å². The number of hydrogen-bond donors (Lipinski definition) is 1. The number of rotatable bonds is 8. The smallest absolute Gasteiger partial charge is 0.132 e. The van der Waals surface area contributed by atoms with Crippen molar-refractivity contribution in [1.29, 1.82) is 0 Å². The van der Waals surface area contributed by atoms with Gasteiger partial charge in [0.2, 0.25) is 0 Å². The van der Waals surface area contributed by atoms with Gasteiger partial charge in [-0.15, -0.1) is 0 Å². The molecule has 0 aliphatic rings. The highest BCUT2D eigenvalue weighted by Crippen LogP contribution is 2.19. The number of nitrogens with one attached hydrogen (secondary N) is 1. The lowest BCUT2D eigenvalue weighted by Crippen LogP contribution is -2.40. The van der Waals surface area contributed by atoms with Crippen LogP contribution >= 0.6 is 0 Å². The number of unbranched alkanes of at least 4 members (excludes halogenated alkanes) is 2. The minimum atomic E-state index is -1.23. The molecule has 17 heavy (non-hydrogen) atoms. The third-order valence-electron chi connectivity index (χ3n) is 3.01. The normalized spacial score (nSPS) is 13.9. The van der Waals surface area contributed by atoms with E-state index in [1.807, 2.05) is 6.20 Å². The van der Waals surface area contributed by atoms with E-state index in [0.29, 0.717) is 12.3 Å². The summed E-state index contributed by atoms with van der Waals surface area (Å²) in [5.41, 5.74) is 0.444. The number of ether oxygens (including phenoxy) is 1. The van der Waals surface area contributed by atoms with Crippen LogP contribution in [0.15, 0.2) is 12.4 Å². The summed E-state index contributed by atoms with van der Waals surface area (Å²) in [5, 5.41) is 0. The van der Waals surface area contributed by atoms with Crippen LogP contribution in [0.5, 0.6) is 0 Å². The van der Waals surface area contributed by atoms with Crippen molar-refractivity contribution in [3.63, 3.8) is 0 Å². The summed E-state index contributed by atoms with van der Waals surface area (Å²) < 4.78 is 6.07. The summed E-state index contributed by atoms with van der Waals surface area (Å²) in [5.74, 6) is 0.934. The molecule has 1 N–H and O–H groups in total. The monoisotopic (exact) mass is 254 g/mol. The molecule has 0 saturated heterocycles. The van der Waals surface area contributed by atoms with Crippen LogP contribution in [-0.4, -0.2) is 23.8 Å². The lowest BCUT2D eigenvalue weighted by atomic mass is 10.2. The summed E-state index contributed by atoms with van der Waals surface area (Å²) in [6.07, 6.45) is 8.69. The van der Waals surface area contributed by atoms with Gasteiger partial charge in [0, 0.05) is 18.1 Å². The molecule has 0 fully saturated rings. The first-order valence-corrected chi connectivity index (χ1v) is 10.2. The van der Waals surface area contributed by atoms with Crippen LogP contribution in [0.25, 0.3) is 0 Å². The van der Waals surface area contributed by atoms with Crippen molar-refractivity contribution < 1.29 is 4.74 Å². The predicted octanol–water partition coefficient (Wildman–Crippen LogP) is 3.75. The van der Waals surface area contributed by atoms with Gasteiger partial charge in [-0.3, -0.25) is 0 Å². The third-order valence-corrected chi connectivity index (χ3v) is 5.40. The molecule has 1 atom stereocenters. The molecule has 3 nitrogen and oxygen atoms in total. The molecule has 0 aliphatic heterocycles. The van der Waals surface area contributed by atoms with E-state index in [1.165, 1.54) is 25.7 Å². The SMILES string of the molecule is CCCCCC(OCc1ncc[nH]1)[Si](C)(C)C. The van der Waals surface area contributed by atoms with E-state index in [0.717, 1.165) is 5.82 Å². The van der Waals surface area contributed by atoms with Gasteiger partial charge in [0.05, 0.1) is 8.07 Å². The predicted molar refractivity (Wildman–Crippen MR) is 74.7 cm³/mol. The molecule has 1 aromatic heterocycles. The van der Waals surface area contributed by atoms with Gasteiger partial charge in [0.15, 0.2) is 0 Å². The molecule has 0 bridgehead atoms. The maximum absolute atomic E-state index is 6.07. The summed E-state index contributed by atoms with van der Waals surface area (Å²) in [6, 6.07) is 0. The minimum Gasteiger partial charge on any atom is -0.374 e. The van der Waals surface area contributed by atoms with Crippen LogP contribution < -0.4 is 0 Å². The van der Waals surface area contributed by atoms with E-state index in [1.54, 1.807) is 6.20 Å². The van der Waals surface area contributed by atoms with Gasteiger partial charge in [0.1, 0.15) is 12.4 Å². The molecule has 4 heteroatoms. The zero-order chi connectivity index (χ0) is 12.7. The fraction of sp³-hybridized carbons (Fsp3) is 0.769. The van der Waals surface area contributed by atoms with Crippen LogP contribution in [0.3, 0.4) is 0 Å². The van der Waals surface area contributed by atoms with Crippen LogP contribution in [-0.2, 0) is 11.3 Å². The van der Waals surface area contributed by atoms with Crippen molar-refractivity contribution in [2.75, 3.05) is 0 Å². The van der Waals surface area contributed by atoms with Gasteiger partial charge in [0.25, 0.3) is 0 Å². The Morgan fingerprint density at radius 3 is 2.65 bits per heavy atom. The van der Waals surface area contributed by atoms with Crippen LogP contribution in [0.1, 0.15) is 38.4 Å². The fourth-order valence-electron chi connectivity index (χ4n) is 1.90. The molecule has 1 aromatic rings. The van der Waals surface area contributed by atoms with Crippen LogP contribution in [0, 0.1) is 0 Å². The lowest BCUT2D eigenvalue weighted by Gasteiger charge is -2.28. The molecule has 1 rings (SSSR count). The Balaban J connectivity index is 2.40. The number of H-pyrrole nitrogens is 1. The Kier molecular flexibility index (Phi) is 5.92. The second-order valence-corrected chi connectivity index (χ2v) is 11.1. The first-order chi connectivity index (χ1) is 8.04. The molecular formula is C13H26N2OSi. The van der Waals surface area contributed by atoms with Gasteiger partial charge in [-0.2, -0.15) is 0 Å². The number of hydrogen-bond acceptors (Lipinski definition) is 2. The molecule has 1 heterocycles. The molecule has 98 valence electrons. The lowest BCUT2D eigenvalue weighted by molar-refractivity contribution is 0.0749. The van der Waals surface area contributed by atoms with Crippen molar-refractivity contribution in [3.05, 3.63) is 18.2 Å². The number of aromatic amines is 1. The Morgan fingerprint density at radius 2 is 2.12 bits per heavy atom. The standard InChI is InChI=1S/C13H26N2OSi/c1-5-6-7-8-13(17(2,3)4)16-11-12-14-9-10-15-12/h9-10,13H,5-8,11H2,1-4H3,(H,14,15). The Morgan fingerprint density at radius 1 is 1.35 bits per heavy atom. The number of nitrogens with zero attached hydrogens (tertiary/aromatic N) is 1. The largest absolute Gasteiger partial charge is 0.374 e.